The number of likely N-dealkylation sites (tertiary alicyclic amines) is 1. The average Bonchev–Trinajstić information content (AvgIpc) is 2.75. The molecule has 2 fully saturated rings. The molecule has 2 atom stereocenters. The first-order valence-corrected chi connectivity index (χ1v) is 4.92. The molecular formula is C9H18N2O. The van der Waals surface area contributed by atoms with E-state index in [2.05, 4.69) is 4.90 Å². The van der Waals surface area contributed by atoms with Crippen LogP contribution in [0.15, 0.2) is 0 Å². The van der Waals surface area contributed by atoms with Gasteiger partial charge in [0, 0.05) is 19.2 Å². The number of nitrogens with two attached hydrogens (primary N) is 1. The fourth-order valence-electron chi connectivity index (χ4n) is 2.20. The molecule has 12 heavy (non-hydrogen) atoms. The van der Waals surface area contributed by atoms with E-state index >= 15 is 0 Å². The van der Waals surface area contributed by atoms with Crippen molar-refractivity contribution in [2.45, 2.75) is 18.9 Å². The van der Waals surface area contributed by atoms with Gasteiger partial charge in [-0.2, -0.15) is 0 Å². The maximum atomic E-state index is 5.64. The molecular weight excluding hydrogens is 152 g/mol. The molecule has 3 heteroatoms. The summed E-state index contributed by atoms with van der Waals surface area (Å²) in [6.45, 7) is 5.18. The number of hydrogen-bond acceptors (Lipinski definition) is 3. The molecule has 2 saturated heterocycles. The SMILES string of the molecule is NCC1CCN(C2CCOC2)C1. The Morgan fingerprint density at radius 3 is 2.92 bits per heavy atom. The van der Waals surface area contributed by atoms with Crippen LogP contribution in [0.4, 0.5) is 0 Å². The molecule has 0 amide bonds. The zero-order valence-corrected chi connectivity index (χ0v) is 7.54. The van der Waals surface area contributed by atoms with Gasteiger partial charge >= 0.3 is 0 Å². The summed E-state index contributed by atoms with van der Waals surface area (Å²) in [5, 5.41) is 0. The molecule has 0 bridgehead atoms. The monoisotopic (exact) mass is 170 g/mol. The molecule has 0 aliphatic carbocycles. The third-order valence-corrected chi connectivity index (χ3v) is 3.07. The van der Waals surface area contributed by atoms with E-state index in [0.717, 1.165) is 25.7 Å². The van der Waals surface area contributed by atoms with Gasteiger partial charge in [0.25, 0.3) is 0 Å². The predicted octanol–water partition coefficient (Wildman–Crippen LogP) is 0.0559. The van der Waals surface area contributed by atoms with Gasteiger partial charge in [0.05, 0.1) is 6.61 Å². The van der Waals surface area contributed by atoms with E-state index in [9.17, 15) is 0 Å². The highest BCUT2D eigenvalue weighted by Gasteiger charge is 2.29. The highest BCUT2D eigenvalue weighted by molar-refractivity contribution is 4.83. The first kappa shape index (κ1) is 8.48. The number of nitrogens with zero attached hydrogens (tertiary/aromatic N) is 1. The molecule has 2 N–H and O–H groups in total. The van der Waals surface area contributed by atoms with Crippen LogP contribution in [0.2, 0.25) is 0 Å². The summed E-state index contributed by atoms with van der Waals surface area (Å²) in [4.78, 5) is 2.55. The van der Waals surface area contributed by atoms with Gasteiger partial charge in [-0.3, -0.25) is 4.90 Å². The van der Waals surface area contributed by atoms with Crippen molar-refractivity contribution in [2.75, 3.05) is 32.8 Å². The summed E-state index contributed by atoms with van der Waals surface area (Å²) in [6.07, 6.45) is 2.50. The minimum absolute atomic E-state index is 0.696. The second-order valence-corrected chi connectivity index (χ2v) is 3.90. The highest BCUT2D eigenvalue weighted by atomic mass is 16.5. The third kappa shape index (κ3) is 1.63. The van der Waals surface area contributed by atoms with E-state index in [1.165, 1.54) is 25.9 Å². The van der Waals surface area contributed by atoms with E-state index < -0.39 is 0 Å². The lowest BCUT2D eigenvalue weighted by Crippen LogP contribution is -2.34. The Bertz CT molecular complexity index is 145. The van der Waals surface area contributed by atoms with Gasteiger partial charge < -0.3 is 10.5 Å². The zero-order chi connectivity index (χ0) is 8.39. The molecule has 2 aliphatic heterocycles. The van der Waals surface area contributed by atoms with Gasteiger partial charge in [-0.05, 0) is 31.8 Å². The molecule has 2 heterocycles. The highest BCUT2D eigenvalue weighted by Crippen LogP contribution is 2.21. The van der Waals surface area contributed by atoms with Crippen molar-refractivity contribution in [3.63, 3.8) is 0 Å². The smallest absolute Gasteiger partial charge is 0.0622 e. The van der Waals surface area contributed by atoms with Gasteiger partial charge in [-0.1, -0.05) is 0 Å². The van der Waals surface area contributed by atoms with E-state index in [0.29, 0.717) is 6.04 Å². The summed E-state index contributed by atoms with van der Waals surface area (Å²) < 4.78 is 5.37. The Morgan fingerprint density at radius 1 is 1.42 bits per heavy atom. The fraction of sp³-hybridized carbons (Fsp3) is 1.00. The largest absolute Gasteiger partial charge is 0.380 e. The second-order valence-electron chi connectivity index (χ2n) is 3.90. The Hall–Kier alpha value is -0.120. The quantitative estimate of drug-likeness (QED) is 0.636. The van der Waals surface area contributed by atoms with Crippen molar-refractivity contribution in [1.82, 2.24) is 4.90 Å². The van der Waals surface area contributed by atoms with E-state index in [1.807, 2.05) is 0 Å². The van der Waals surface area contributed by atoms with Crippen LogP contribution in [0.3, 0.4) is 0 Å². The van der Waals surface area contributed by atoms with Crippen LogP contribution in [-0.2, 0) is 4.74 Å². The molecule has 2 aliphatic rings. The summed E-state index contributed by atoms with van der Waals surface area (Å²) >= 11 is 0. The normalized spacial score (nSPS) is 37.8. The molecule has 0 aromatic carbocycles. The van der Waals surface area contributed by atoms with Crippen molar-refractivity contribution >= 4 is 0 Å². The van der Waals surface area contributed by atoms with Gasteiger partial charge in [0.1, 0.15) is 0 Å². The summed E-state index contributed by atoms with van der Waals surface area (Å²) in [7, 11) is 0. The van der Waals surface area contributed by atoms with Crippen molar-refractivity contribution in [1.29, 1.82) is 0 Å². The van der Waals surface area contributed by atoms with Gasteiger partial charge in [-0.25, -0.2) is 0 Å². The number of ether oxygens (including phenoxy) is 1. The minimum Gasteiger partial charge on any atom is -0.380 e. The molecule has 70 valence electrons. The Kier molecular flexibility index (Phi) is 2.63. The molecule has 0 spiro atoms. The second kappa shape index (κ2) is 3.73. The molecule has 2 rings (SSSR count). The lowest BCUT2D eigenvalue weighted by atomic mass is 10.1. The summed E-state index contributed by atoms with van der Waals surface area (Å²) in [6, 6.07) is 0.696. The summed E-state index contributed by atoms with van der Waals surface area (Å²) in [5.74, 6) is 0.741. The lowest BCUT2D eigenvalue weighted by Gasteiger charge is -2.21. The maximum Gasteiger partial charge on any atom is 0.0622 e. The van der Waals surface area contributed by atoms with Crippen LogP contribution in [0.5, 0.6) is 0 Å². The molecule has 0 aromatic rings. The topological polar surface area (TPSA) is 38.5 Å². The number of rotatable bonds is 2. The van der Waals surface area contributed by atoms with Crippen LogP contribution >= 0.6 is 0 Å². The standard InChI is InChI=1S/C9H18N2O/c10-5-8-1-3-11(6-8)9-2-4-12-7-9/h8-9H,1-7,10H2. The third-order valence-electron chi connectivity index (χ3n) is 3.07. The molecule has 2 unspecified atom stereocenters. The fourth-order valence-corrected chi connectivity index (χ4v) is 2.20. The Labute approximate surface area is 73.9 Å². The van der Waals surface area contributed by atoms with Crippen LogP contribution in [-0.4, -0.2) is 43.8 Å². The Morgan fingerprint density at radius 2 is 2.33 bits per heavy atom. The van der Waals surface area contributed by atoms with Crippen LogP contribution in [0.25, 0.3) is 0 Å². The van der Waals surface area contributed by atoms with E-state index in [4.69, 9.17) is 10.5 Å². The van der Waals surface area contributed by atoms with Crippen molar-refractivity contribution in [2.24, 2.45) is 11.7 Å². The van der Waals surface area contributed by atoms with Gasteiger partial charge in [0.15, 0.2) is 0 Å². The Balaban J connectivity index is 1.81. The lowest BCUT2D eigenvalue weighted by molar-refractivity contribution is 0.157. The van der Waals surface area contributed by atoms with E-state index in [1.54, 1.807) is 0 Å². The van der Waals surface area contributed by atoms with E-state index in [-0.39, 0.29) is 0 Å². The molecule has 0 radical (unpaired) electrons. The number of hydrogen-bond donors (Lipinski definition) is 1. The van der Waals surface area contributed by atoms with Gasteiger partial charge in [0.2, 0.25) is 0 Å². The van der Waals surface area contributed by atoms with Crippen molar-refractivity contribution < 1.29 is 4.74 Å². The minimum atomic E-state index is 0.696. The summed E-state index contributed by atoms with van der Waals surface area (Å²) in [5.41, 5.74) is 5.64. The molecule has 0 saturated carbocycles. The molecule has 3 nitrogen and oxygen atoms in total. The van der Waals surface area contributed by atoms with Crippen molar-refractivity contribution in [3.8, 4) is 0 Å². The average molecular weight is 170 g/mol. The van der Waals surface area contributed by atoms with Crippen LogP contribution < -0.4 is 5.73 Å². The zero-order valence-electron chi connectivity index (χ0n) is 7.54. The first-order valence-electron chi connectivity index (χ1n) is 4.92. The van der Waals surface area contributed by atoms with Gasteiger partial charge in [-0.15, -0.1) is 0 Å². The molecule has 0 aromatic heterocycles. The predicted molar refractivity (Wildman–Crippen MR) is 48.0 cm³/mol. The maximum absolute atomic E-state index is 5.64. The van der Waals surface area contributed by atoms with Crippen LogP contribution in [0.1, 0.15) is 12.8 Å². The van der Waals surface area contributed by atoms with Crippen molar-refractivity contribution in [3.05, 3.63) is 0 Å². The van der Waals surface area contributed by atoms with Crippen LogP contribution in [0, 0.1) is 5.92 Å². The first-order chi connectivity index (χ1) is 5.90.